The molecule has 1 aliphatic rings. The molecule has 0 amide bonds. The van der Waals surface area contributed by atoms with Crippen LogP contribution in [0.1, 0.15) is 6.92 Å². The van der Waals surface area contributed by atoms with Crippen LogP contribution >= 0.6 is 29.7 Å². The Morgan fingerprint density at radius 1 is 1.60 bits per heavy atom. The standard InChI is InChI=1S/C2H5PS2/c1-2-4-3-5-2/h2-3H,1H3. The Bertz CT molecular complexity index is 34.6. The zero-order chi connectivity index (χ0) is 3.70. The molecule has 5 heavy (non-hydrogen) atoms. The molecule has 0 atom stereocenters. The number of rotatable bonds is 0. The summed E-state index contributed by atoms with van der Waals surface area (Å²) in [5.41, 5.74) is 0. The smallest absolute Gasteiger partial charge is 0.0568 e. The van der Waals surface area contributed by atoms with Gasteiger partial charge in [0, 0.05) is 6.98 Å². The molecule has 1 rings (SSSR count). The molecule has 0 radical (unpaired) electrons. The molecular weight excluding hydrogens is 119 g/mol. The highest BCUT2D eigenvalue weighted by Gasteiger charge is 2.11. The summed E-state index contributed by atoms with van der Waals surface area (Å²) in [7, 11) is 0. The van der Waals surface area contributed by atoms with E-state index < -0.39 is 0 Å². The molecular formula is C2H5PS2. The van der Waals surface area contributed by atoms with Crippen LogP contribution in [0.25, 0.3) is 0 Å². The first kappa shape index (κ1) is 4.29. The maximum Gasteiger partial charge on any atom is 0.0568 e. The van der Waals surface area contributed by atoms with Gasteiger partial charge in [-0.2, -0.15) is 0 Å². The summed E-state index contributed by atoms with van der Waals surface area (Å²) >= 11 is 4.10. The minimum absolute atomic E-state index is 0.910. The minimum Gasteiger partial charge on any atom is -0.112 e. The van der Waals surface area contributed by atoms with Gasteiger partial charge in [-0.3, -0.25) is 0 Å². The van der Waals surface area contributed by atoms with Crippen LogP contribution in [0.5, 0.6) is 0 Å². The zero-order valence-electron chi connectivity index (χ0n) is 2.89. The Kier molecular flexibility index (Phi) is 1.48. The topological polar surface area (TPSA) is 0 Å². The molecule has 0 aromatic rings. The molecule has 0 nitrogen and oxygen atoms in total. The van der Waals surface area contributed by atoms with Gasteiger partial charge in [-0.15, -0.1) is 22.8 Å². The van der Waals surface area contributed by atoms with Crippen LogP contribution in [-0.2, 0) is 0 Å². The highest BCUT2D eigenvalue weighted by atomic mass is 33.1. The van der Waals surface area contributed by atoms with Crippen LogP contribution in [0, 0.1) is 0 Å². The molecule has 1 aliphatic heterocycles. The van der Waals surface area contributed by atoms with Gasteiger partial charge < -0.3 is 0 Å². The minimum atomic E-state index is 0.910. The highest BCUT2D eigenvalue weighted by Crippen LogP contribution is 2.62. The third-order valence-electron chi connectivity index (χ3n) is 0.428. The maximum absolute atomic E-state index is 2.24. The SMILES string of the molecule is CC1SPS1. The lowest BCUT2D eigenvalue weighted by molar-refractivity contribution is 1.44. The van der Waals surface area contributed by atoms with E-state index in [2.05, 4.69) is 29.7 Å². The summed E-state index contributed by atoms with van der Waals surface area (Å²) in [5, 5.41) is 0. The van der Waals surface area contributed by atoms with Crippen molar-refractivity contribution in [2.75, 3.05) is 0 Å². The van der Waals surface area contributed by atoms with Crippen molar-refractivity contribution in [1.82, 2.24) is 0 Å². The largest absolute Gasteiger partial charge is 0.112 e. The number of hydrogen-bond acceptors (Lipinski definition) is 2. The van der Waals surface area contributed by atoms with E-state index in [4.69, 9.17) is 0 Å². The first-order chi connectivity index (χ1) is 2.39. The van der Waals surface area contributed by atoms with Crippen molar-refractivity contribution in [2.24, 2.45) is 0 Å². The first-order valence-corrected chi connectivity index (χ1v) is 5.67. The van der Waals surface area contributed by atoms with E-state index in [9.17, 15) is 0 Å². The van der Waals surface area contributed by atoms with Gasteiger partial charge in [-0.25, -0.2) is 0 Å². The second-order valence-electron chi connectivity index (χ2n) is 0.887. The Morgan fingerprint density at radius 2 is 2.00 bits per heavy atom. The van der Waals surface area contributed by atoms with Crippen molar-refractivity contribution < 1.29 is 0 Å². The fourth-order valence-electron chi connectivity index (χ4n) is 0.144. The van der Waals surface area contributed by atoms with Crippen LogP contribution in [0.3, 0.4) is 0 Å². The van der Waals surface area contributed by atoms with Crippen LogP contribution in [0.15, 0.2) is 0 Å². The molecule has 30 valence electrons. The van der Waals surface area contributed by atoms with Crippen LogP contribution < -0.4 is 0 Å². The van der Waals surface area contributed by atoms with E-state index in [1.807, 2.05) is 0 Å². The quantitative estimate of drug-likeness (QED) is 0.454. The van der Waals surface area contributed by atoms with E-state index in [-0.39, 0.29) is 0 Å². The number of hydrogen-bond donors (Lipinski definition) is 0. The molecule has 1 fully saturated rings. The van der Waals surface area contributed by atoms with Crippen LogP contribution in [-0.4, -0.2) is 4.58 Å². The normalized spacial score (nSPS) is 41.4. The van der Waals surface area contributed by atoms with Gasteiger partial charge >= 0.3 is 0 Å². The van der Waals surface area contributed by atoms with E-state index in [0.717, 1.165) is 11.6 Å². The molecule has 0 saturated carbocycles. The summed E-state index contributed by atoms with van der Waals surface area (Å²) < 4.78 is 0.910. The second kappa shape index (κ2) is 1.72. The molecule has 3 heteroatoms. The van der Waals surface area contributed by atoms with E-state index >= 15 is 0 Å². The van der Waals surface area contributed by atoms with E-state index in [1.165, 1.54) is 0 Å². The molecule has 0 spiro atoms. The molecule has 0 aliphatic carbocycles. The fourth-order valence-corrected chi connectivity index (χ4v) is 3.90. The van der Waals surface area contributed by atoms with Gasteiger partial charge in [0.05, 0.1) is 4.58 Å². The van der Waals surface area contributed by atoms with Crippen molar-refractivity contribution in [2.45, 2.75) is 11.5 Å². The zero-order valence-corrected chi connectivity index (χ0v) is 5.53. The van der Waals surface area contributed by atoms with Crippen molar-refractivity contribution >= 4 is 29.7 Å². The average Bonchev–Trinajstić information content (AvgIpc) is 1.30. The molecule has 0 aromatic carbocycles. The van der Waals surface area contributed by atoms with Gasteiger partial charge in [0.25, 0.3) is 0 Å². The third-order valence-corrected chi connectivity index (χ3v) is 7.32. The summed E-state index contributed by atoms with van der Waals surface area (Å²) in [5.74, 6) is 0. The summed E-state index contributed by atoms with van der Waals surface area (Å²) in [6, 6.07) is 0. The Hall–Kier alpha value is 1.13. The monoisotopic (exact) mass is 124 g/mol. The highest BCUT2D eigenvalue weighted by molar-refractivity contribution is 8.92. The Balaban J connectivity index is 2.08. The fraction of sp³-hybridized carbons (Fsp3) is 1.00. The van der Waals surface area contributed by atoms with Crippen molar-refractivity contribution in [1.29, 1.82) is 0 Å². The third kappa shape index (κ3) is 0.989. The second-order valence-corrected chi connectivity index (χ2v) is 6.65. The van der Waals surface area contributed by atoms with Crippen molar-refractivity contribution in [3.63, 3.8) is 0 Å². The lowest BCUT2D eigenvalue weighted by Gasteiger charge is -2.17. The van der Waals surface area contributed by atoms with Crippen LogP contribution in [0.4, 0.5) is 0 Å². The lowest BCUT2D eigenvalue weighted by Crippen LogP contribution is -1.85. The summed E-state index contributed by atoms with van der Waals surface area (Å²) in [6.07, 6.45) is 0. The lowest BCUT2D eigenvalue weighted by atomic mass is 11.0. The predicted octanol–water partition coefficient (Wildman–Crippen LogP) is 2.32. The van der Waals surface area contributed by atoms with Crippen molar-refractivity contribution in [3.8, 4) is 0 Å². The first-order valence-electron chi connectivity index (χ1n) is 1.46. The van der Waals surface area contributed by atoms with E-state index in [1.54, 1.807) is 0 Å². The molecule has 1 heterocycles. The molecule has 0 aromatic heterocycles. The summed E-state index contributed by atoms with van der Waals surface area (Å²) in [6.45, 7) is 3.38. The van der Waals surface area contributed by atoms with Gasteiger partial charge in [-0.05, 0) is 6.92 Å². The Morgan fingerprint density at radius 3 is 2.00 bits per heavy atom. The van der Waals surface area contributed by atoms with Gasteiger partial charge in [0.15, 0.2) is 0 Å². The molecule has 1 saturated heterocycles. The predicted molar refractivity (Wildman–Crippen MR) is 33.0 cm³/mol. The molecule has 0 bridgehead atoms. The molecule has 0 N–H and O–H groups in total. The maximum atomic E-state index is 2.24. The Labute approximate surface area is 41.8 Å². The van der Waals surface area contributed by atoms with Gasteiger partial charge in [0.2, 0.25) is 0 Å². The average molecular weight is 124 g/mol. The van der Waals surface area contributed by atoms with Gasteiger partial charge in [0.1, 0.15) is 0 Å². The van der Waals surface area contributed by atoms with Gasteiger partial charge in [-0.1, -0.05) is 0 Å². The van der Waals surface area contributed by atoms with Crippen molar-refractivity contribution in [3.05, 3.63) is 0 Å². The molecule has 0 unspecified atom stereocenters. The van der Waals surface area contributed by atoms with E-state index in [0.29, 0.717) is 0 Å². The van der Waals surface area contributed by atoms with Crippen LogP contribution in [0.2, 0.25) is 0 Å². The summed E-state index contributed by atoms with van der Waals surface area (Å²) in [4.78, 5) is 0.